The zero-order chi connectivity index (χ0) is 17.1. The van der Waals surface area contributed by atoms with Crippen LogP contribution in [0.5, 0.6) is 0 Å². The third-order valence-electron chi connectivity index (χ3n) is 3.80. The predicted molar refractivity (Wildman–Crippen MR) is 96.7 cm³/mol. The molecule has 0 radical (unpaired) electrons. The Bertz CT molecular complexity index is 935. The summed E-state index contributed by atoms with van der Waals surface area (Å²) in [5, 5.41) is 7.58. The second kappa shape index (κ2) is 6.97. The molecule has 2 aromatic carbocycles. The Hall–Kier alpha value is -2.47. The number of hydrogen-bond acceptors (Lipinski definition) is 3. The number of benzene rings is 2. The minimum absolute atomic E-state index is 0.0572. The molecule has 0 spiro atoms. The van der Waals surface area contributed by atoms with Gasteiger partial charge in [-0.1, -0.05) is 40.2 Å². The Morgan fingerprint density at radius 2 is 1.92 bits per heavy atom. The Morgan fingerprint density at radius 1 is 1.21 bits per heavy atom. The molecule has 1 atom stereocenters. The summed E-state index contributed by atoms with van der Waals surface area (Å²) in [5.74, 6) is -0.160. The highest BCUT2D eigenvalue weighted by Gasteiger charge is 2.12. The molecule has 1 amide bonds. The van der Waals surface area contributed by atoms with Crippen LogP contribution >= 0.6 is 15.9 Å². The molecule has 6 heteroatoms. The van der Waals surface area contributed by atoms with Crippen LogP contribution in [-0.4, -0.2) is 15.7 Å². The average molecular weight is 386 g/mol. The number of hydrogen-bond donors (Lipinski definition) is 1. The predicted octanol–water partition coefficient (Wildman–Crippen LogP) is 3.04. The Kier molecular flexibility index (Phi) is 4.76. The summed E-state index contributed by atoms with van der Waals surface area (Å²) >= 11 is 3.39. The van der Waals surface area contributed by atoms with Gasteiger partial charge in [-0.05, 0) is 36.8 Å². The fraction of sp³-hybridized carbons (Fsp3) is 0.167. The lowest BCUT2D eigenvalue weighted by atomic mass is 10.1. The van der Waals surface area contributed by atoms with Crippen LogP contribution in [0.4, 0.5) is 0 Å². The Balaban J connectivity index is 1.77. The van der Waals surface area contributed by atoms with E-state index in [0.29, 0.717) is 10.9 Å². The van der Waals surface area contributed by atoms with E-state index in [-0.39, 0.29) is 23.9 Å². The number of aromatic nitrogens is 2. The number of nitrogens with one attached hydrogen (secondary N) is 1. The smallest absolute Gasteiger partial charge is 0.242 e. The van der Waals surface area contributed by atoms with Crippen molar-refractivity contribution in [2.24, 2.45) is 0 Å². The van der Waals surface area contributed by atoms with Crippen molar-refractivity contribution in [1.82, 2.24) is 15.1 Å². The number of amides is 1. The SMILES string of the molecule is C[C@H](NC(=O)Cn1ncc(=O)c2ccccc21)c1ccc(Br)cc1. The highest BCUT2D eigenvalue weighted by Crippen LogP contribution is 2.16. The molecule has 0 aliphatic heterocycles. The number of carbonyl (C=O) groups excluding carboxylic acids is 1. The van der Waals surface area contributed by atoms with Gasteiger partial charge in [0.15, 0.2) is 0 Å². The first-order chi connectivity index (χ1) is 11.5. The molecule has 1 N–H and O–H groups in total. The second-order valence-electron chi connectivity index (χ2n) is 5.52. The zero-order valence-electron chi connectivity index (χ0n) is 13.1. The van der Waals surface area contributed by atoms with E-state index < -0.39 is 0 Å². The molecule has 0 unspecified atom stereocenters. The quantitative estimate of drug-likeness (QED) is 0.750. The molecule has 1 heterocycles. The number of fused-ring (bicyclic) bond motifs is 1. The standard InChI is InChI=1S/C18H16BrN3O2/c1-12(13-6-8-14(19)9-7-13)21-18(24)11-22-16-5-3-2-4-15(16)17(23)10-20-22/h2-10,12H,11H2,1H3,(H,21,24)/t12-/m0/s1. The number of para-hydroxylation sites is 1. The van der Waals surface area contributed by atoms with Gasteiger partial charge in [-0.15, -0.1) is 0 Å². The molecule has 3 aromatic rings. The van der Waals surface area contributed by atoms with Gasteiger partial charge < -0.3 is 5.32 Å². The summed E-state index contributed by atoms with van der Waals surface area (Å²) < 4.78 is 2.54. The van der Waals surface area contributed by atoms with Crippen molar-refractivity contribution < 1.29 is 4.79 Å². The van der Waals surface area contributed by atoms with Crippen LogP contribution in [0.25, 0.3) is 10.9 Å². The largest absolute Gasteiger partial charge is 0.348 e. The molecule has 0 saturated carbocycles. The van der Waals surface area contributed by atoms with E-state index >= 15 is 0 Å². The van der Waals surface area contributed by atoms with Gasteiger partial charge in [-0.2, -0.15) is 5.10 Å². The molecule has 24 heavy (non-hydrogen) atoms. The average Bonchev–Trinajstić information content (AvgIpc) is 2.58. The topological polar surface area (TPSA) is 64.0 Å². The van der Waals surface area contributed by atoms with Crippen molar-refractivity contribution in [3.63, 3.8) is 0 Å². The van der Waals surface area contributed by atoms with Crippen molar-refractivity contribution in [1.29, 1.82) is 0 Å². The third kappa shape index (κ3) is 3.54. The molecular formula is C18H16BrN3O2. The first-order valence-corrected chi connectivity index (χ1v) is 8.33. The second-order valence-corrected chi connectivity index (χ2v) is 6.44. The molecule has 0 saturated heterocycles. The van der Waals surface area contributed by atoms with E-state index in [4.69, 9.17) is 0 Å². The first kappa shape index (κ1) is 16.4. The van der Waals surface area contributed by atoms with Crippen LogP contribution in [0.1, 0.15) is 18.5 Å². The Labute approximate surface area is 147 Å². The van der Waals surface area contributed by atoms with Gasteiger partial charge in [0.05, 0.1) is 17.8 Å². The zero-order valence-corrected chi connectivity index (χ0v) is 14.7. The summed E-state index contributed by atoms with van der Waals surface area (Å²) in [5.41, 5.74) is 1.52. The summed E-state index contributed by atoms with van der Waals surface area (Å²) in [6.45, 7) is 1.99. The molecule has 1 aromatic heterocycles. The molecule has 122 valence electrons. The normalized spacial score (nSPS) is 12.1. The van der Waals surface area contributed by atoms with Crippen molar-refractivity contribution in [2.75, 3.05) is 0 Å². The molecule has 0 fully saturated rings. The van der Waals surface area contributed by atoms with E-state index in [1.165, 1.54) is 6.20 Å². The highest BCUT2D eigenvalue weighted by atomic mass is 79.9. The lowest BCUT2D eigenvalue weighted by Crippen LogP contribution is -2.31. The van der Waals surface area contributed by atoms with Crippen LogP contribution in [0.2, 0.25) is 0 Å². The highest BCUT2D eigenvalue weighted by molar-refractivity contribution is 9.10. The summed E-state index contributed by atoms with van der Waals surface area (Å²) in [6, 6.07) is 14.8. The van der Waals surface area contributed by atoms with E-state index in [2.05, 4.69) is 26.3 Å². The van der Waals surface area contributed by atoms with Gasteiger partial charge in [0, 0.05) is 9.86 Å². The van der Waals surface area contributed by atoms with Crippen molar-refractivity contribution >= 4 is 32.7 Å². The van der Waals surface area contributed by atoms with Crippen LogP contribution in [0.3, 0.4) is 0 Å². The lowest BCUT2D eigenvalue weighted by Gasteiger charge is -2.15. The molecule has 0 aliphatic rings. The van der Waals surface area contributed by atoms with Gasteiger partial charge >= 0.3 is 0 Å². The van der Waals surface area contributed by atoms with Gasteiger partial charge in [-0.25, -0.2) is 0 Å². The molecule has 0 bridgehead atoms. The van der Waals surface area contributed by atoms with Crippen LogP contribution in [0, 0.1) is 0 Å². The van der Waals surface area contributed by atoms with Crippen LogP contribution in [-0.2, 0) is 11.3 Å². The van der Waals surface area contributed by atoms with E-state index in [9.17, 15) is 9.59 Å². The lowest BCUT2D eigenvalue weighted by molar-refractivity contribution is -0.122. The number of halogens is 1. The fourth-order valence-electron chi connectivity index (χ4n) is 2.54. The fourth-order valence-corrected chi connectivity index (χ4v) is 2.81. The van der Waals surface area contributed by atoms with E-state index in [1.807, 2.05) is 37.3 Å². The van der Waals surface area contributed by atoms with Crippen molar-refractivity contribution in [3.8, 4) is 0 Å². The Morgan fingerprint density at radius 3 is 2.67 bits per heavy atom. The number of nitrogens with zero attached hydrogens (tertiary/aromatic N) is 2. The first-order valence-electron chi connectivity index (χ1n) is 7.54. The van der Waals surface area contributed by atoms with Gasteiger partial charge in [-0.3, -0.25) is 14.3 Å². The molecule has 5 nitrogen and oxygen atoms in total. The maximum Gasteiger partial charge on any atom is 0.242 e. The molecular weight excluding hydrogens is 370 g/mol. The van der Waals surface area contributed by atoms with E-state index in [0.717, 1.165) is 10.0 Å². The summed E-state index contributed by atoms with van der Waals surface area (Å²) in [6.07, 6.45) is 1.24. The minimum atomic E-state index is -0.160. The molecule has 0 aliphatic carbocycles. The van der Waals surface area contributed by atoms with Crippen LogP contribution in [0.15, 0.2) is 64.0 Å². The number of carbonyl (C=O) groups is 1. The summed E-state index contributed by atoms with van der Waals surface area (Å²) in [4.78, 5) is 24.2. The van der Waals surface area contributed by atoms with Crippen LogP contribution < -0.4 is 10.7 Å². The third-order valence-corrected chi connectivity index (χ3v) is 4.33. The van der Waals surface area contributed by atoms with Gasteiger partial charge in [0.25, 0.3) is 0 Å². The van der Waals surface area contributed by atoms with Crippen molar-refractivity contribution in [3.05, 3.63) is 75.0 Å². The van der Waals surface area contributed by atoms with Gasteiger partial charge in [0.1, 0.15) is 6.54 Å². The maximum atomic E-state index is 12.3. The number of rotatable bonds is 4. The maximum absolute atomic E-state index is 12.3. The van der Waals surface area contributed by atoms with E-state index in [1.54, 1.807) is 22.9 Å². The monoisotopic (exact) mass is 385 g/mol. The van der Waals surface area contributed by atoms with Gasteiger partial charge in [0.2, 0.25) is 11.3 Å². The van der Waals surface area contributed by atoms with Crippen molar-refractivity contribution in [2.45, 2.75) is 19.5 Å². The minimum Gasteiger partial charge on any atom is -0.348 e. The molecule has 3 rings (SSSR count). The summed E-state index contributed by atoms with van der Waals surface area (Å²) in [7, 11) is 0.